The lowest BCUT2D eigenvalue weighted by molar-refractivity contribution is -0.118. The van der Waals surface area contributed by atoms with Gasteiger partial charge in [-0.1, -0.05) is 34.4 Å². The predicted octanol–water partition coefficient (Wildman–Crippen LogP) is 3.67. The van der Waals surface area contributed by atoms with Gasteiger partial charge in [-0.25, -0.2) is 0 Å². The molecular formula is C15H17Cl2N3O2S. The summed E-state index contributed by atoms with van der Waals surface area (Å²) in [5, 5.41) is 7.77. The molecule has 1 N–H and O–H groups in total. The quantitative estimate of drug-likeness (QED) is 0.714. The number of nitrogens with one attached hydrogen (secondary N) is 1. The first-order valence-electron chi connectivity index (χ1n) is 7.12. The van der Waals surface area contributed by atoms with E-state index < -0.39 is 0 Å². The first-order chi connectivity index (χ1) is 11.0. The minimum atomic E-state index is 0.00403. The zero-order chi connectivity index (χ0) is 16.7. The molecule has 1 heterocycles. The molecule has 0 saturated carbocycles. The van der Waals surface area contributed by atoms with Gasteiger partial charge in [0.05, 0.1) is 21.6 Å². The van der Waals surface area contributed by atoms with Crippen molar-refractivity contribution in [1.82, 2.24) is 15.5 Å². The first-order valence-corrected chi connectivity index (χ1v) is 9.03. The molecule has 1 aromatic heterocycles. The van der Waals surface area contributed by atoms with E-state index in [1.807, 2.05) is 12.1 Å². The average Bonchev–Trinajstić information content (AvgIpc) is 2.93. The second-order valence-corrected chi connectivity index (χ2v) is 6.72. The smallest absolute Gasteiger partial charge is 0.230 e. The molecule has 2 rings (SSSR count). The number of halogens is 2. The molecule has 0 aliphatic carbocycles. The highest BCUT2D eigenvalue weighted by Crippen LogP contribution is 2.23. The number of thioether (sulfide) groups is 1. The molecule has 0 radical (unpaired) electrons. The standard InChI is InChI=1S/C15H17Cl2N3O2S/c1-10-19-14(20-22-10)8-23-9-15(21)18-6-2-3-11-4-5-12(16)13(17)7-11/h4-5,7H,2-3,6,8-9H2,1H3,(H,18,21). The Morgan fingerprint density at radius 3 is 2.87 bits per heavy atom. The van der Waals surface area contributed by atoms with E-state index in [1.54, 1.807) is 13.0 Å². The van der Waals surface area contributed by atoms with Crippen LogP contribution >= 0.6 is 35.0 Å². The van der Waals surface area contributed by atoms with Gasteiger partial charge in [0.25, 0.3) is 0 Å². The fourth-order valence-electron chi connectivity index (χ4n) is 1.90. The lowest BCUT2D eigenvalue weighted by Gasteiger charge is -2.06. The number of hydrogen-bond acceptors (Lipinski definition) is 5. The highest BCUT2D eigenvalue weighted by Gasteiger charge is 2.06. The maximum Gasteiger partial charge on any atom is 0.230 e. The fourth-order valence-corrected chi connectivity index (χ4v) is 2.91. The van der Waals surface area contributed by atoms with Gasteiger partial charge in [0, 0.05) is 13.5 Å². The third kappa shape index (κ3) is 6.41. The summed E-state index contributed by atoms with van der Waals surface area (Å²) in [5.74, 6) is 2.09. The number of carbonyl (C=O) groups is 1. The molecule has 0 bridgehead atoms. The van der Waals surface area contributed by atoms with E-state index in [-0.39, 0.29) is 5.91 Å². The number of aryl methyl sites for hydroxylation is 2. The summed E-state index contributed by atoms with van der Waals surface area (Å²) in [5.41, 5.74) is 1.11. The molecule has 0 saturated heterocycles. The summed E-state index contributed by atoms with van der Waals surface area (Å²) in [6.07, 6.45) is 1.69. The molecule has 0 aliphatic rings. The maximum atomic E-state index is 11.7. The minimum absolute atomic E-state index is 0.00403. The van der Waals surface area contributed by atoms with Crippen molar-refractivity contribution in [3.63, 3.8) is 0 Å². The van der Waals surface area contributed by atoms with Crippen molar-refractivity contribution in [2.24, 2.45) is 0 Å². The van der Waals surface area contributed by atoms with Crippen molar-refractivity contribution >= 4 is 40.9 Å². The van der Waals surface area contributed by atoms with Gasteiger partial charge in [0.1, 0.15) is 0 Å². The third-order valence-electron chi connectivity index (χ3n) is 2.98. The van der Waals surface area contributed by atoms with Gasteiger partial charge in [-0.05, 0) is 30.5 Å². The van der Waals surface area contributed by atoms with Gasteiger partial charge in [0.2, 0.25) is 11.8 Å². The van der Waals surface area contributed by atoms with Gasteiger partial charge in [-0.2, -0.15) is 4.98 Å². The van der Waals surface area contributed by atoms with Crippen LogP contribution in [-0.4, -0.2) is 28.3 Å². The van der Waals surface area contributed by atoms with Gasteiger partial charge in [-0.3, -0.25) is 4.79 Å². The molecule has 2 aromatic rings. The second kappa shape index (κ2) is 9.15. The number of carbonyl (C=O) groups excluding carboxylic acids is 1. The Morgan fingerprint density at radius 1 is 1.35 bits per heavy atom. The summed E-state index contributed by atoms with van der Waals surface area (Å²) < 4.78 is 4.87. The Kier molecular flexibility index (Phi) is 7.20. The molecule has 0 atom stereocenters. The lowest BCUT2D eigenvalue weighted by Crippen LogP contribution is -2.26. The Bertz CT molecular complexity index is 664. The van der Waals surface area contributed by atoms with Crippen LogP contribution < -0.4 is 5.32 Å². The monoisotopic (exact) mass is 373 g/mol. The molecule has 124 valence electrons. The van der Waals surface area contributed by atoms with E-state index >= 15 is 0 Å². The van der Waals surface area contributed by atoms with E-state index in [0.717, 1.165) is 18.4 Å². The zero-order valence-corrected chi connectivity index (χ0v) is 15.0. The van der Waals surface area contributed by atoms with Crippen molar-refractivity contribution in [1.29, 1.82) is 0 Å². The second-order valence-electron chi connectivity index (χ2n) is 4.92. The normalized spacial score (nSPS) is 10.7. The van der Waals surface area contributed by atoms with Crippen LogP contribution in [0.5, 0.6) is 0 Å². The minimum Gasteiger partial charge on any atom is -0.355 e. The van der Waals surface area contributed by atoms with Gasteiger partial charge >= 0.3 is 0 Å². The SMILES string of the molecule is Cc1nc(CSCC(=O)NCCCc2ccc(Cl)c(Cl)c2)no1. The molecule has 1 aromatic carbocycles. The molecule has 23 heavy (non-hydrogen) atoms. The van der Waals surface area contributed by atoms with Gasteiger partial charge < -0.3 is 9.84 Å². The summed E-state index contributed by atoms with van der Waals surface area (Å²) in [6, 6.07) is 5.58. The van der Waals surface area contributed by atoms with Crippen LogP contribution in [0.1, 0.15) is 23.7 Å². The molecule has 0 spiro atoms. The highest BCUT2D eigenvalue weighted by atomic mass is 35.5. The van der Waals surface area contributed by atoms with Crippen LogP contribution in [0.2, 0.25) is 10.0 Å². The number of benzene rings is 1. The lowest BCUT2D eigenvalue weighted by atomic mass is 10.1. The van der Waals surface area contributed by atoms with Crippen molar-refractivity contribution in [2.45, 2.75) is 25.5 Å². The topological polar surface area (TPSA) is 68.0 Å². The Morgan fingerprint density at radius 2 is 2.17 bits per heavy atom. The largest absolute Gasteiger partial charge is 0.355 e. The summed E-state index contributed by atoms with van der Waals surface area (Å²) >= 11 is 13.3. The van der Waals surface area contributed by atoms with Crippen LogP contribution in [0.15, 0.2) is 22.7 Å². The number of rotatable bonds is 8. The Labute approximate surface area is 149 Å². The molecule has 0 fully saturated rings. The van der Waals surface area contributed by atoms with Crippen molar-refractivity contribution in [2.75, 3.05) is 12.3 Å². The zero-order valence-electron chi connectivity index (χ0n) is 12.6. The Hall–Kier alpha value is -1.24. The average molecular weight is 374 g/mol. The van der Waals surface area contributed by atoms with E-state index in [4.69, 9.17) is 27.7 Å². The van der Waals surface area contributed by atoms with Crippen molar-refractivity contribution in [3.05, 3.63) is 45.5 Å². The van der Waals surface area contributed by atoms with E-state index in [2.05, 4.69) is 15.5 Å². The van der Waals surface area contributed by atoms with Gasteiger partial charge in [0.15, 0.2) is 5.82 Å². The highest BCUT2D eigenvalue weighted by molar-refractivity contribution is 7.99. The fraction of sp³-hybridized carbons (Fsp3) is 0.400. The van der Waals surface area contributed by atoms with Gasteiger partial charge in [-0.15, -0.1) is 11.8 Å². The summed E-state index contributed by atoms with van der Waals surface area (Å²) in [6.45, 7) is 2.36. The molecule has 5 nitrogen and oxygen atoms in total. The maximum absolute atomic E-state index is 11.7. The van der Waals surface area contributed by atoms with E-state index in [0.29, 0.717) is 39.8 Å². The number of amides is 1. The van der Waals surface area contributed by atoms with E-state index in [9.17, 15) is 4.79 Å². The number of nitrogens with zero attached hydrogens (tertiary/aromatic N) is 2. The number of aromatic nitrogens is 2. The Balaban J connectivity index is 1.58. The first kappa shape index (κ1) is 18.1. The molecular weight excluding hydrogens is 357 g/mol. The summed E-state index contributed by atoms with van der Waals surface area (Å²) in [4.78, 5) is 15.8. The third-order valence-corrected chi connectivity index (χ3v) is 4.65. The van der Waals surface area contributed by atoms with Crippen molar-refractivity contribution < 1.29 is 9.32 Å². The van der Waals surface area contributed by atoms with Crippen LogP contribution in [0, 0.1) is 6.92 Å². The molecule has 0 unspecified atom stereocenters. The van der Waals surface area contributed by atoms with Crippen LogP contribution in [0.3, 0.4) is 0 Å². The van der Waals surface area contributed by atoms with Crippen molar-refractivity contribution in [3.8, 4) is 0 Å². The predicted molar refractivity (Wildman–Crippen MR) is 93.0 cm³/mol. The van der Waals surface area contributed by atoms with Crippen LogP contribution in [-0.2, 0) is 17.0 Å². The molecule has 1 amide bonds. The van der Waals surface area contributed by atoms with E-state index in [1.165, 1.54) is 11.8 Å². The van der Waals surface area contributed by atoms with Crippen LogP contribution in [0.25, 0.3) is 0 Å². The summed E-state index contributed by atoms with van der Waals surface area (Å²) in [7, 11) is 0. The number of hydrogen-bond donors (Lipinski definition) is 1. The molecule has 0 aliphatic heterocycles. The molecule has 8 heteroatoms. The van der Waals surface area contributed by atoms with Crippen LogP contribution in [0.4, 0.5) is 0 Å².